The average Bonchev–Trinajstić information content (AvgIpc) is 2.67. The van der Waals surface area contributed by atoms with Gasteiger partial charge >= 0.3 is 0 Å². The first-order valence-electron chi connectivity index (χ1n) is 9.06. The zero-order chi connectivity index (χ0) is 20.3. The van der Waals surface area contributed by atoms with Gasteiger partial charge in [-0.05, 0) is 49.2 Å². The maximum atomic E-state index is 13.3. The van der Waals surface area contributed by atoms with Crippen LogP contribution in [0.5, 0.6) is 0 Å². The molecule has 7 heteroatoms. The van der Waals surface area contributed by atoms with Crippen LogP contribution in [0.1, 0.15) is 20.8 Å². The second-order valence-electron chi connectivity index (χ2n) is 6.92. The van der Waals surface area contributed by atoms with Crippen molar-refractivity contribution in [2.45, 2.75) is 32.0 Å². The average molecular weight is 399 g/mol. The molecule has 0 fully saturated rings. The van der Waals surface area contributed by atoms with Crippen LogP contribution in [0.2, 0.25) is 0 Å². The molecule has 5 nitrogen and oxygen atoms in total. The van der Waals surface area contributed by atoms with Gasteiger partial charge in [-0.25, -0.2) is 9.37 Å². The highest BCUT2D eigenvalue weighted by atomic mass is 32.2. The third-order valence-corrected chi connectivity index (χ3v) is 5.49. The highest BCUT2D eigenvalue weighted by Crippen LogP contribution is 2.21. The van der Waals surface area contributed by atoms with E-state index in [0.29, 0.717) is 27.7 Å². The molecule has 0 spiro atoms. The summed E-state index contributed by atoms with van der Waals surface area (Å²) in [7, 11) is 0. The summed E-state index contributed by atoms with van der Waals surface area (Å²) in [5, 5.41) is 3.80. The minimum atomic E-state index is -0.387. The number of aromatic nitrogens is 2. The van der Waals surface area contributed by atoms with E-state index in [1.807, 2.05) is 26.8 Å². The number of carbonyl (C=O) groups excluding carboxylic acids is 1. The zero-order valence-electron chi connectivity index (χ0n) is 16.0. The lowest BCUT2D eigenvalue weighted by Crippen LogP contribution is -2.37. The maximum absolute atomic E-state index is 13.3. The molecule has 3 rings (SSSR count). The summed E-state index contributed by atoms with van der Waals surface area (Å²) in [4.78, 5) is 29.9. The van der Waals surface area contributed by atoms with Crippen molar-refractivity contribution >= 4 is 28.6 Å². The van der Waals surface area contributed by atoms with E-state index in [4.69, 9.17) is 0 Å². The van der Waals surface area contributed by atoms with Gasteiger partial charge in [0, 0.05) is 6.04 Å². The third-order valence-electron chi connectivity index (χ3n) is 4.55. The number of thioether (sulfide) groups is 1. The minimum absolute atomic E-state index is 0.0527. The molecule has 1 heterocycles. The van der Waals surface area contributed by atoms with Crippen LogP contribution in [-0.2, 0) is 4.79 Å². The Morgan fingerprint density at radius 3 is 2.50 bits per heavy atom. The number of rotatable bonds is 6. The second-order valence-corrected chi connectivity index (χ2v) is 7.86. The van der Waals surface area contributed by atoms with Crippen molar-refractivity contribution in [1.29, 1.82) is 0 Å². The number of hydrogen-bond acceptors (Lipinski definition) is 4. The Hall–Kier alpha value is -2.67. The first-order chi connectivity index (χ1) is 13.4. The molecular formula is C21H22FN3O2S. The van der Waals surface area contributed by atoms with Gasteiger partial charge in [0.2, 0.25) is 5.91 Å². The van der Waals surface area contributed by atoms with Crippen LogP contribution in [0, 0.1) is 11.7 Å². The Labute approximate surface area is 167 Å². The SMILES string of the molecule is CC(C)C(C)NC(=O)CSc1nc2ccccc2c(=O)n1-c1ccc(F)cc1. The monoisotopic (exact) mass is 399 g/mol. The van der Waals surface area contributed by atoms with E-state index in [2.05, 4.69) is 10.3 Å². The summed E-state index contributed by atoms with van der Waals surface area (Å²) in [6.45, 7) is 6.03. The van der Waals surface area contributed by atoms with Crippen LogP contribution in [0.15, 0.2) is 58.5 Å². The molecule has 3 aromatic rings. The van der Waals surface area contributed by atoms with Gasteiger partial charge in [0.1, 0.15) is 5.82 Å². The van der Waals surface area contributed by atoms with E-state index in [1.165, 1.54) is 40.6 Å². The fourth-order valence-electron chi connectivity index (χ4n) is 2.62. The fourth-order valence-corrected chi connectivity index (χ4v) is 3.44. The molecule has 146 valence electrons. The van der Waals surface area contributed by atoms with E-state index < -0.39 is 0 Å². The van der Waals surface area contributed by atoms with Crippen molar-refractivity contribution in [2.24, 2.45) is 5.92 Å². The molecule has 1 amide bonds. The third kappa shape index (κ3) is 4.42. The molecule has 0 saturated heterocycles. The number of hydrogen-bond donors (Lipinski definition) is 1. The highest BCUT2D eigenvalue weighted by Gasteiger charge is 2.16. The molecule has 0 aliphatic heterocycles. The van der Waals surface area contributed by atoms with E-state index >= 15 is 0 Å². The number of para-hydroxylation sites is 1. The Balaban J connectivity index is 1.98. The van der Waals surface area contributed by atoms with E-state index in [9.17, 15) is 14.0 Å². The van der Waals surface area contributed by atoms with Crippen LogP contribution in [0.4, 0.5) is 4.39 Å². The lowest BCUT2D eigenvalue weighted by molar-refractivity contribution is -0.119. The lowest BCUT2D eigenvalue weighted by atomic mass is 10.1. The predicted molar refractivity (Wildman–Crippen MR) is 110 cm³/mol. The van der Waals surface area contributed by atoms with Crippen LogP contribution in [0.25, 0.3) is 16.6 Å². The fraction of sp³-hybridized carbons (Fsp3) is 0.286. The Kier molecular flexibility index (Phi) is 6.14. The molecular weight excluding hydrogens is 377 g/mol. The van der Waals surface area contributed by atoms with Crippen LogP contribution >= 0.6 is 11.8 Å². The van der Waals surface area contributed by atoms with Gasteiger partial charge in [-0.2, -0.15) is 0 Å². The molecule has 0 bridgehead atoms. The summed E-state index contributed by atoms with van der Waals surface area (Å²) >= 11 is 1.18. The molecule has 1 N–H and O–H groups in total. The molecule has 28 heavy (non-hydrogen) atoms. The Morgan fingerprint density at radius 2 is 1.82 bits per heavy atom. The summed E-state index contributed by atoms with van der Waals surface area (Å²) < 4.78 is 14.8. The van der Waals surface area contributed by atoms with Crippen molar-refractivity contribution in [3.8, 4) is 5.69 Å². The Morgan fingerprint density at radius 1 is 1.14 bits per heavy atom. The molecule has 1 atom stereocenters. The Bertz CT molecular complexity index is 1050. The maximum Gasteiger partial charge on any atom is 0.266 e. The highest BCUT2D eigenvalue weighted by molar-refractivity contribution is 7.99. The van der Waals surface area contributed by atoms with Gasteiger partial charge < -0.3 is 5.32 Å². The smallest absolute Gasteiger partial charge is 0.266 e. The van der Waals surface area contributed by atoms with Gasteiger partial charge in [-0.15, -0.1) is 0 Å². The van der Waals surface area contributed by atoms with Crippen molar-refractivity contribution < 1.29 is 9.18 Å². The van der Waals surface area contributed by atoms with Crippen molar-refractivity contribution in [3.63, 3.8) is 0 Å². The van der Waals surface area contributed by atoms with Crippen LogP contribution in [-0.4, -0.2) is 27.3 Å². The van der Waals surface area contributed by atoms with Crippen molar-refractivity contribution in [2.75, 3.05) is 5.75 Å². The van der Waals surface area contributed by atoms with Gasteiger partial charge in [0.15, 0.2) is 5.16 Å². The van der Waals surface area contributed by atoms with Gasteiger partial charge in [0.25, 0.3) is 5.56 Å². The van der Waals surface area contributed by atoms with Gasteiger partial charge in [0.05, 0.1) is 22.3 Å². The quantitative estimate of drug-likeness (QED) is 0.506. The summed E-state index contributed by atoms with van der Waals surface area (Å²) in [6, 6.07) is 12.7. The number of nitrogens with zero attached hydrogens (tertiary/aromatic N) is 2. The normalized spacial score (nSPS) is 12.3. The molecule has 0 saturated carbocycles. The molecule has 2 aromatic carbocycles. The summed E-state index contributed by atoms with van der Waals surface area (Å²) in [5.74, 6) is -0.0607. The largest absolute Gasteiger partial charge is 0.353 e. The zero-order valence-corrected chi connectivity index (χ0v) is 16.8. The van der Waals surface area contributed by atoms with E-state index in [0.717, 1.165) is 0 Å². The van der Waals surface area contributed by atoms with Crippen molar-refractivity contribution in [3.05, 3.63) is 64.7 Å². The predicted octanol–water partition coefficient (Wildman–Crippen LogP) is 3.78. The molecule has 0 aliphatic rings. The standard InChI is InChI=1S/C21H22FN3O2S/c1-13(2)14(3)23-19(26)12-28-21-24-18-7-5-4-6-17(18)20(27)25(21)16-10-8-15(22)9-11-16/h4-11,13-14H,12H2,1-3H3,(H,23,26). The van der Waals surface area contributed by atoms with Crippen molar-refractivity contribution in [1.82, 2.24) is 14.9 Å². The van der Waals surface area contributed by atoms with E-state index in [-0.39, 0.29) is 29.1 Å². The van der Waals surface area contributed by atoms with Gasteiger partial charge in [-0.1, -0.05) is 37.7 Å². The molecule has 1 unspecified atom stereocenters. The first kappa shape index (κ1) is 20.1. The number of fused-ring (bicyclic) bond motifs is 1. The minimum Gasteiger partial charge on any atom is -0.353 e. The lowest BCUT2D eigenvalue weighted by Gasteiger charge is -2.17. The molecule has 0 radical (unpaired) electrons. The second kappa shape index (κ2) is 8.56. The number of carbonyl (C=O) groups is 1. The topological polar surface area (TPSA) is 64.0 Å². The number of benzene rings is 2. The molecule has 1 aromatic heterocycles. The van der Waals surface area contributed by atoms with Crippen LogP contribution in [0.3, 0.4) is 0 Å². The number of amides is 1. The van der Waals surface area contributed by atoms with Crippen LogP contribution < -0.4 is 10.9 Å². The number of nitrogens with one attached hydrogen (secondary N) is 1. The summed E-state index contributed by atoms with van der Waals surface area (Å²) in [5.41, 5.74) is 0.808. The molecule has 0 aliphatic carbocycles. The van der Waals surface area contributed by atoms with Gasteiger partial charge in [-0.3, -0.25) is 14.2 Å². The first-order valence-corrected chi connectivity index (χ1v) is 10.0. The van der Waals surface area contributed by atoms with E-state index in [1.54, 1.807) is 18.2 Å². The number of halogens is 1. The summed E-state index contributed by atoms with van der Waals surface area (Å²) in [6.07, 6.45) is 0.